The summed E-state index contributed by atoms with van der Waals surface area (Å²) in [5.74, 6) is 0.224. The molecule has 1 N–H and O–H groups in total. The minimum atomic E-state index is -0.377. The molecule has 0 bridgehead atoms. The van der Waals surface area contributed by atoms with Crippen LogP contribution in [-0.4, -0.2) is 35.3 Å². The average molecular weight is 212 g/mol. The number of nitrogens with zero attached hydrogens (tertiary/aromatic N) is 1. The standard InChI is InChI=1S/C11H20N2O2/c1-5-7(3)9-10(14)12-8(4)11(15)13(9)6-2/h7-9H,5-6H2,1-4H3,(H,12,14). The van der Waals surface area contributed by atoms with Crippen molar-refractivity contribution >= 4 is 11.8 Å². The fourth-order valence-electron chi connectivity index (χ4n) is 2.03. The number of hydrogen-bond acceptors (Lipinski definition) is 2. The molecule has 0 aromatic heterocycles. The molecule has 0 radical (unpaired) electrons. The monoisotopic (exact) mass is 212 g/mol. The largest absolute Gasteiger partial charge is 0.343 e. The summed E-state index contributed by atoms with van der Waals surface area (Å²) in [6, 6.07) is -0.665. The van der Waals surface area contributed by atoms with Crippen LogP contribution in [0.5, 0.6) is 0 Å². The summed E-state index contributed by atoms with van der Waals surface area (Å²) in [6.07, 6.45) is 0.899. The number of rotatable bonds is 3. The molecule has 4 heteroatoms. The van der Waals surface area contributed by atoms with Crippen LogP contribution in [-0.2, 0) is 9.59 Å². The zero-order valence-electron chi connectivity index (χ0n) is 9.91. The van der Waals surface area contributed by atoms with Crippen molar-refractivity contribution in [2.45, 2.75) is 46.2 Å². The van der Waals surface area contributed by atoms with Crippen LogP contribution >= 0.6 is 0 Å². The van der Waals surface area contributed by atoms with E-state index in [2.05, 4.69) is 5.32 Å². The van der Waals surface area contributed by atoms with Crippen LogP contribution in [0.25, 0.3) is 0 Å². The van der Waals surface area contributed by atoms with Gasteiger partial charge in [0.2, 0.25) is 11.8 Å². The molecule has 3 atom stereocenters. The van der Waals surface area contributed by atoms with Gasteiger partial charge in [-0.15, -0.1) is 0 Å². The first-order valence-corrected chi connectivity index (χ1v) is 5.63. The lowest BCUT2D eigenvalue weighted by molar-refractivity contribution is -0.150. The molecule has 0 spiro atoms. The van der Waals surface area contributed by atoms with Gasteiger partial charge in [-0.3, -0.25) is 9.59 Å². The lowest BCUT2D eigenvalue weighted by Gasteiger charge is -2.40. The molecule has 2 amide bonds. The summed E-state index contributed by atoms with van der Waals surface area (Å²) in [5.41, 5.74) is 0. The fourth-order valence-corrected chi connectivity index (χ4v) is 2.03. The highest BCUT2D eigenvalue weighted by Crippen LogP contribution is 2.19. The van der Waals surface area contributed by atoms with Crippen LogP contribution in [0.3, 0.4) is 0 Å². The molecule has 4 nitrogen and oxygen atoms in total. The smallest absolute Gasteiger partial charge is 0.245 e. The molecule has 86 valence electrons. The molecule has 0 aromatic carbocycles. The molecule has 1 rings (SSSR count). The SMILES string of the molecule is CCC(C)C1C(=O)NC(C)C(=O)N1CC. The van der Waals surface area contributed by atoms with Crippen LogP contribution in [0.4, 0.5) is 0 Å². The Balaban J connectivity index is 2.91. The average Bonchev–Trinajstić information content (AvgIpc) is 2.21. The number of hydrogen-bond donors (Lipinski definition) is 1. The minimum absolute atomic E-state index is 0.0155. The number of carbonyl (C=O) groups excluding carboxylic acids is 2. The molecule has 0 saturated carbocycles. The van der Waals surface area contributed by atoms with Gasteiger partial charge in [0.05, 0.1) is 0 Å². The van der Waals surface area contributed by atoms with Crippen molar-refractivity contribution in [3.63, 3.8) is 0 Å². The maximum absolute atomic E-state index is 11.8. The zero-order chi connectivity index (χ0) is 11.6. The van der Waals surface area contributed by atoms with E-state index in [0.717, 1.165) is 6.42 Å². The van der Waals surface area contributed by atoms with Crippen molar-refractivity contribution in [1.29, 1.82) is 0 Å². The number of piperazine rings is 1. The third kappa shape index (κ3) is 2.13. The molecular formula is C11H20N2O2. The summed E-state index contributed by atoms with van der Waals surface area (Å²) in [4.78, 5) is 25.4. The van der Waals surface area contributed by atoms with Crippen molar-refractivity contribution in [1.82, 2.24) is 10.2 Å². The minimum Gasteiger partial charge on any atom is -0.343 e. The third-order valence-corrected chi connectivity index (χ3v) is 3.14. The van der Waals surface area contributed by atoms with E-state index in [1.54, 1.807) is 11.8 Å². The number of nitrogens with one attached hydrogen (secondary N) is 1. The van der Waals surface area contributed by atoms with E-state index in [1.807, 2.05) is 20.8 Å². The molecule has 1 aliphatic heterocycles. The van der Waals surface area contributed by atoms with Gasteiger partial charge in [0.15, 0.2) is 0 Å². The summed E-state index contributed by atoms with van der Waals surface area (Å²) in [6.45, 7) is 8.30. The van der Waals surface area contributed by atoms with E-state index in [-0.39, 0.29) is 29.8 Å². The Kier molecular flexibility index (Phi) is 3.72. The van der Waals surface area contributed by atoms with Gasteiger partial charge in [0.25, 0.3) is 0 Å². The van der Waals surface area contributed by atoms with Crippen LogP contribution in [0.1, 0.15) is 34.1 Å². The van der Waals surface area contributed by atoms with Crippen molar-refractivity contribution in [3.8, 4) is 0 Å². The van der Waals surface area contributed by atoms with Crippen molar-refractivity contribution in [3.05, 3.63) is 0 Å². The van der Waals surface area contributed by atoms with E-state index < -0.39 is 0 Å². The summed E-state index contributed by atoms with van der Waals surface area (Å²) in [7, 11) is 0. The van der Waals surface area contributed by atoms with Crippen LogP contribution in [0.15, 0.2) is 0 Å². The molecule has 0 aliphatic carbocycles. The zero-order valence-corrected chi connectivity index (χ0v) is 9.91. The van der Waals surface area contributed by atoms with Gasteiger partial charge in [-0.25, -0.2) is 0 Å². The van der Waals surface area contributed by atoms with Crippen LogP contribution in [0.2, 0.25) is 0 Å². The predicted molar refractivity (Wildman–Crippen MR) is 58.2 cm³/mol. The number of carbonyl (C=O) groups is 2. The van der Waals surface area contributed by atoms with Crippen molar-refractivity contribution in [2.75, 3.05) is 6.54 Å². The molecule has 3 unspecified atom stereocenters. The maximum atomic E-state index is 11.8. The Bertz CT molecular complexity index is 265. The van der Waals surface area contributed by atoms with Crippen LogP contribution < -0.4 is 5.32 Å². The van der Waals surface area contributed by atoms with Crippen LogP contribution in [0, 0.1) is 5.92 Å². The predicted octanol–water partition coefficient (Wildman–Crippen LogP) is 0.768. The molecule has 1 fully saturated rings. The topological polar surface area (TPSA) is 49.4 Å². The van der Waals surface area contributed by atoms with Gasteiger partial charge in [-0.1, -0.05) is 20.3 Å². The fraction of sp³-hybridized carbons (Fsp3) is 0.818. The molecule has 1 heterocycles. The Labute approximate surface area is 91.0 Å². The number of likely N-dealkylation sites (N-methyl/N-ethyl adjacent to an activating group) is 1. The van der Waals surface area contributed by atoms with E-state index in [4.69, 9.17) is 0 Å². The Morgan fingerprint density at radius 2 is 2.00 bits per heavy atom. The summed E-state index contributed by atoms with van der Waals surface area (Å²) in [5, 5.41) is 2.73. The quantitative estimate of drug-likeness (QED) is 0.751. The maximum Gasteiger partial charge on any atom is 0.245 e. The lowest BCUT2D eigenvalue weighted by Crippen LogP contribution is -2.64. The van der Waals surface area contributed by atoms with Gasteiger partial charge in [-0.2, -0.15) is 0 Å². The van der Waals surface area contributed by atoms with Crippen molar-refractivity contribution in [2.24, 2.45) is 5.92 Å². The lowest BCUT2D eigenvalue weighted by atomic mass is 9.94. The molecule has 15 heavy (non-hydrogen) atoms. The van der Waals surface area contributed by atoms with E-state index in [1.165, 1.54) is 0 Å². The van der Waals surface area contributed by atoms with E-state index >= 15 is 0 Å². The first-order valence-electron chi connectivity index (χ1n) is 5.63. The van der Waals surface area contributed by atoms with E-state index in [9.17, 15) is 9.59 Å². The molecule has 1 aliphatic rings. The van der Waals surface area contributed by atoms with Gasteiger partial charge < -0.3 is 10.2 Å². The highest BCUT2D eigenvalue weighted by molar-refractivity contribution is 5.96. The molecular weight excluding hydrogens is 192 g/mol. The normalized spacial score (nSPS) is 28.9. The van der Waals surface area contributed by atoms with Gasteiger partial charge in [-0.05, 0) is 19.8 Å². The Hall–Kier alpha value is -1.06. The van der Waals surface area contributed by atoms with Gasteiger partial charge in [0.1, 0.15) is 12.1 Å². The second-order valence-electron chi connectivity index (χ2n) is 4.18. The van der Waals surface area contributed by atoms with Crippen molar-refractivity contribution < 1.29 is 9.59 Å². The Morgan fingerprint density at radius 1 is 1.40 bits per heavy atom. The first kappa shape index (κ1) is 12.0. The highest BCUT2D eigenvalue weighted by atomic mass is 16.2. The number of amides is 2. The van der Waals surface area contributed by atoms with E-state index in [0.29, 0.717) is 6.54 Å². The second kappa shape index (κ2) is 4.64. The summed E-state index contributed by atoms with van der Waals surface area (Å²) < 4.78 is 0. The van der Waals surface area contributed by atoms with Gasteiger partial charge in [0, 0.05) is 6.54 Å². The Morgan fingerprint density at radius 3 is 2.47 bits per heavy atom. The first-order chi connectivity index (χ1) is 7.02. The van der Waals surface area contributed by atoms with Gasteiger partial charge >= 0.3 is 0 Å². The highest BCUT2D eigenvalue weighted by Gasteiger charge is 2.39. The summed E-state index contributed by atoms with van der Waals surface area (Å²) >= 11 is 0. The molecule has 1 saturated heterocycles. The molecule has 0 aromatic rings. The third-order valence-electron chi connectivity index (χ3n) is 3.14. The second-order valence-corrected chi connectivity index (χ2v) is 4.18.